The van der Waals surface area contributed by atoms with Crippen molar-refractivity contribution < 1.29 is 14.3 Å². The van der Waals surface area contributed by atoms with E-state index in [1.54, 1.807) is 18.2 Å². The summed E-state index contributed by atoms with van der Waals surface area (Å²) in [6, 6.07) is 5.16. The molecule has 0 bridgehead atoms. The average molecular weight is 297 g/mol. The summed E-state index contributed by atoms with van der Waals surface area (Å²) in [5.41, 5.74) is 1.22. The summed E-state index contributed by atoms with van der Waals surface area (Å²) in [7, 11) is 2.85. The van der Waals surface area contributed by atoms with Crippen LogP contribution in [-0.2, 0) is 4.74 Å². The summed E-state index contributed by atoms with van der Waals surface area (Å²) in [5.74, 6) is 6.05. The number of benzene rings is 1. The molecule has 0 heterocycles. The van der Waals surface area contributed by atoms with E-state index in [4.69, 9.17) is 4.74 Å². The number of hydrogen-bond acceptors (Lipinski definition) is 3. The van der Waals surface area contributed by atoms with Gasteiger partial charge < -0.3 is 9.47 Å². The van der Waals surface area contributed by atoms with E-state index in [1.165, 1.54) is 14.2 Å². The van der Waals surface area contributed by atoms with Gasteiger partial charge in [0.1, 0.15) is 11.3 Å². The Morgan fingerprint density at radius 2 is 2.18 bits per heavy atom. The molecule has 0 amide bonds. The molecule has 0 fully saturated rings. The number of alkyl halides is 1. The van der Waals surface area contributed by atoms with E-state index in [9.17, 15) is 4.79 Å². The van der Waals surface area contributed by atoms with E-state index in [2.05, 4.69) is 32.5 Å². The number of hydrogen-bond donors (Lipinski definition) is 0. The Kier molecular flexibility index (Phi) is 5.58. The fraction of sp³-hybridized carbons (Fsp3) is 0.308. The van der Waals surface area contributed by atoms with E-state index < -0.39 is 5.97 Å². The second-order valence-electron chi connectivity index (χ2n) is 3.15. The van der Waals surface area contributed by atoms with Gasteiger partial charge in [-0.3, -0.25) is 0 Å². The minimum Gasteiger partial charge on any atom is -0.496 e. The normalized spacial score (nSPS) is 9.12. The van der Waals surface area contributed by atoms with Crippen molar-refractivity contribution in [2.24, 2.45) is 0 Å². The minimum atomic E-state index is -0.415. The Bertz CT molecular complexity index is 457. The summed E-state index contributed by atoms with van der Waals surface area (Å²) in [6.45, 7) is 0. The van der Waals surface area contributed by atoms with Gasteiger partial charge in [0.2, 0.25) is 0 Å². The van der Waals surface area contributed by atoms with Crippen LogP contribution in [0.25, 0.3) is 0 Å². The molecule has 0 saturated heterocycles. The number of carbonyl (C=O) groups is 1. The van der Waals surface area contributed by atoms with Gasteiger partial charge in [-0.05, 0) is 18.2 Å². The van der Waals surface area contributed by atoms with Gasteiger partial charge in [-0.15, -0.1) is 0 Å². The van der Waals surface area contributed by atoms with Crippen molar-refractivity contribution >= 4 is 21.9 Å². The van der Waals surface area contributed by atoms with Crippen LogP contribution < -0.4 is 4.74 Å². The van der Waals surface area contributed by atoms with Gasteiger partial charge in [0, 0.05) is 17.3 Å². The van der Waals surface area contributed by atoms with Crippen LogP contribution in [0, 0.1) is 11.8 Å². The molecule has 0 unspecified atom stereocenters. The quantitative estimate of drug-likeness (QED) is 0.489. The third-order valence-electron chi connectivity index (χ3n) is 2.06. The van der Waals surface area contributed by atoms with Gasteiger partial charge in [0.05, 0.1) is 14.2 Å². The standard InChI is InChI=1S/C13H13BrO3/c1-16-12-9-10(5-3-4-8-14)6-7-11(12)13(15)17-2/h6-7,9H,4,8H2,1-2H3. The molecule has 0 aliphatic carbocycles. The molecule has 1 rings (SSSR count). The number of esters is 1. The van der Waals surface area contributed by atoms with E-state index in [1.807, 2.05) is 0 Å². The zero-order valence-electron chi connectivity index (χ0n) is 9.75. The van der Waals surface area contributed by atoms with Crippen LogP contribution in [0.2, 0.25) is 0 Å². The highest BCUT2D eigenvalue weighted by molar-refractivity contribution is 9.09. The smallest absolute Gasteiger partial charge is 0.341 e. The summed E-state index contributed by atoms with van der Waals surface area (Å²) in [5, 5.41) is 0.845. The highest BCUT2D eigenvalue weighted by Crippen LogP contribution is 2.20. The van der Waals surface area contributed by atoms with Gasteiger partial charge in [0.15, 0.2) is 0 Å². The molecule has 3 nitrogen and oxygen atoms in total. The third-order valence-corrected chi connectivity index (χ3v) is 2.46. The highest BCUT2D eigenvalue weighted by atomic mass is 79.9. The molecule has 0 aliphatic rings. The van der Waals surface area contributed by atoms with Crippen LogP contribution in [0.1, 0.15) is 22.3 Å². The summed E-state index contributed by atoms with van der Waals surface area (Å²) in [4.78, 5) is 11.4. The van der Waals surface area contributed by atoms with Crippen molar-refractivity contribution in [3.8, 4) is 17.6 Å². The Hall–Kier alpha value is -1.47. The van der Waals surface area contributed by atoms with Crippen molar-refractivity contribution in [1.29, 1.82) is 0 Å². The van der Waals surface area contributed by atoms with Gasteiger partial charge in [0.25, 0.3) is 0 Å². The van der Waals surface area contributed by atoms with Crippen molar-refractivity contribution in [2.45, 2.75) is 6.42 Å². The number of methoxy groups -OCH3 is 2. The largest absolute Gasteiger partial charge is 0.496 e. The molecule has 1 aromatic carbocycles. The maximum Gasteiger partial charge on any atom is 0.341 e. The van der Waals surface area contributed by atoms with Crippen molar-refractivity contribution in [1.82, 2.24) is 0 Å². The van der Waals surface area contributed by atoms with Crippen LogP contribution >= 0.6 is 15.9 Å². The van der Waals surface area contributed by atoms with Crippen LogP contribution in [0.5, 0.6) is 5.75 Å². The summed E-state index contributed by atoms with van der Waals surface area (Å²) in [6.07, 6.45) is 0.779. The molecule has 0 spiro atoms. The van der Waals surface area contributed by atoms with E-state index in [0.717, 1.165) is 17.3 Å². The van der Waals surface area contributed by atoms with Crippen molar-refractivity contribution in [3.63, 3.8) is 0 Å². The third kappa shape index (κ3) is 3.79. The van der Waals surface area contributed by atoms with Crippen molar-refractivity contribution in [2.75, 3.05) is 19.5 Å². The molecule has 0 aliphatic heterocycles. The lowest BCUT2D eigenvalue weighted by Crippen LogP contribution is -2.04. The van der Waals surface area contributed by atoms with Crippen LogP contribution in [0.15, 0.2) is 18.2 Å². The zero-order valence-corrected chi connectivity index (χ0v) is 11.3. The molecule has 0 radical (unpaired) electrons. The second kappa shape index (κ2) is 6.97. The number of halogens is 1. The van der Waals surface area contributed by atoms with Gasteiger partial charge >= 0.3 is 5.97 Å². The first-order valence-corrected chi connectivity index (χ1v) is 6.16. The number of carbonyl (C=O) groups excluding carboxylic acids is 1. The lowest BCUT2D eigenvalue weighted by atomic mass is 10.1. The average Bonchev–Trinajstić information content (AvgIpc) is 2.38. The molecular formula is C13H13BrO3. The van der Waals surface area contributed by atoms with E-state index in [0.29, 0.717) is 11.3 Å². The highest BCUT2D eigenvalue weighted by Gasteiger charge is 2.12. The van der Waals surface area contributed by atoms with E-state index >= 15 is 0 Å². The number of ether oxygens (including phenoxy) is 2. The molecule has 0 saturated carbocycles. The molecule has 1 aromatic rings. The molecule has 0 atom stereocenters. The molecule has 17 heavy (non-hydrogen) atoms. The fourth-order valence-corrected chi connectivity index (χ4v) is 1.46. The fourth-order valence-electron chi connectivity index (χ4n) is 1.26. The topological polar surface area (TPSA) is 35.5 Å². The van der Waals surface area contributed by atoms with Crippen molar-refractivity contribution in [3.05, 3.63) is 29.3 Å². The molecular weight excluding hydrogens is 284 g/mol. The Morgan fingerprint density at radius 1 is 1.41 bits per heavy atom. The van der Waals surface area contributed by atoms with Gasteiger partial charge in [-0.2, -0.15) is 0 Å². The van der Waals surface area contributed by atoms with Gasteiger partial charge in [-0.1, -0.05) is 27.8 Å². The maximum atomic E-state index is 11.4. The second-order valence-corrected chi connectivity index (χ2v) is 3.94. The predicted octanol–water partition coefficient (Wildman–Crippen LogP) is 2.62. The van der Waals surface area contributed by atoms with Crippen LogP contribution in [0.3, 0.4) is 0 Å². The van der Waals surface area contributed by atoms with Crippen LogP contribution in [0.4, 0.5) is 0 Å². The van der Waals surface area contributed by atoms with Gasteiger partial charge in [-0.25, -0.2) is 4.79 Å². The molecule has 90 valence electrons. The SMILES string of the molecule is COC(=O)c1ccc(C#CCCBr)cc1OC. The predicted molar refractivity (Wildman–Crippen MR) is 69.6 cm³/mol. The Labute approximate surface area is 109 Å². The summed E-state index contributed by atoms with van der Waals surface area (Å²) >= 11 is 3.30. The first-order chi connectivity index (χ1) is 8.22. The first-order valence-electron chi connectivity index (χ1n) is 5.04. The Balaban J connectivity index is 3.01. The monoisotopic (exact) mass is 296 g/mol. The minimum absolute atomic E-state index is 0.404. The lowest BCUT2D eigenvalue weighted by molar-refractivity contribution is 0.0597. The molecule has 0 aromatic heterocycles. The maximum absolute atomic E-state index is 11.4. The zero-order chi connectivity index (χ0) is 12.7. The Morgan fingerprint density at radius 3 is 2.76 bits per heavy atom. The lowest BCUT2D eigenvalue weighted by Gasteiger charge is -2.06. The number of rotatable bonds is 3. The van der Waals surface area contributed by atoms with E-state index in [-0.39, 0.29) is 0 Å². The van der Waals surface area contributed by atoms with Crippen LogP contribution in [-0.4, -0.2) is 25.5 Å². The first kappa shape index (κ1) is 13.6. The summed E-state index contributed by atoms with van der Waals surface area (Å²) < 4.78 is 9.79. The molecule has 0 N–H and O–H groups in total. The molecule has 4 heteroatoms.